The van der Waals surface area contributed by atoms with Crippen LogP contribution < -0.4 is 10.9 Å². The third kappa shape index (κ3) is 5.20. The first-order valence-electron chi connectivity index (χ1n) is 9.34. The Kier molecular flexibility index (Phi) is 6.81. The fourth-order valence-electron chi connectivity index (χ4n) is 2.91. The molecule has 146 valence electrons. The predicted octanol–water partition coefficient (Wildman–Crippen LogP) is 3.54. The van der Waals surface area contributed by atoms with Gasteiger partial charge in [0.25, 0.3) is 0 Å². The van der Waals surface area contributed by atoms with Crippen molar-refractivity contribution >= 4 is 22.8 Å². The third-order valence-electron chi connectivity index (χ3n) is 4.44. The molecule has 3 rings (SSSR count). The number of carbonyl (C=O) groups is 2. The van der Waals surface area contributed by atoms with Crippen LogP contribution in [0.2, 0.25) is 0 Å². The monoisotopic (exact) mass is 380 g/mol. The molecule has 2 aromatic carbocycles. The lowest BCUT2D eigenvalue weighted by Gasteiger charge is -2.07. The van der Waals surface area contributed by atoms with E-state index in [1.807, 2.05) is 43.3 Å². The molecular weight excluding hydrogens is 356 g/mol. The van der Waals surface area contributed by atoms with Gasteiger partial charge in [-0.3, -0.25) is 20.4 Å². The quantitative estimate of drug-likeness (QED) is 0.463. The molecule has 0 bridgehead atoms. The lowest BCUT2D eigenvalue weighted by molar-refractivity contribution is -0.122. The van der Waals surface area contributed by atoms with E-state index in [1.54, 1.807) is 6.07 Å². The van der Waals surface area contributed by atoms with Crippen molar-refractivity contribution in [1.82, 2.24) is 10.9 Å². The van der Waals surface area contributed by atoms with E-state index in [1.165, 1.54) is 5.56 Å². The van der Waals surface area contributed by atoms with Crippen LogP contribution in [0.5, 0.6) is 0 Å². The molecule has 1 heterocycles. The van der Waals surface area contributed by atoms with E-state index in [0.717, 1.165) is 17.4 Å². The minimum atomic E-state index is -0.471. The number of para-hydroxylation sites is 1. The summed E-state index contributed by atoms with van der Waals surface area (Å²) in [7, 11) is 0. The summed E-state index contributed by atoms with van der Waals surface area (Å²) in [6.07, 6.45) is 1.70. The first-order chi connectivity index (χ1) is 13.6. The zero-order valence-corrected chi connectivity index (χ0v) is 15.9. The van der Waals surface area contributed by atoms with E-state index in [-0.39, 0.29) is 18.1 Å². The lowest BCUT2D eigenvalue weighted by atomic mass is 10.1. The molecule has 3 aromatic rings. The number of hydrogen-bond acceptors (Lipinski definition) is 4. The SMILES string of the molecule is Cc1c(C(=O)NNC(=O)CCCOCCc2ccccc2)oc2ccccc12. The average Bonchev–Trinajstić information content (AvgIpc) is 3.06. The van der Waals surface area contributed by atoms with Crippen LogP contribution in [-0.4, -0.2) is 25.0 Å². The number of fused-ring (bicyclic) bond motifs is 1. The number of aryl methyl sites for hydroxylation is 1. The normalized spacial score (nSPS) is 10.8. The van der Waals surface area contributed by atoms with Crippen molar-refractivity contribution in [3.05, 3.63) is 71.5 Å². The molecule has 0 atom stereocenters. The summed E-state index contributed by atoms with van der Waals surface area (Å²) in [4.78, 5) is 24.1. The van der Waals surface area contributed by atoms with Crippen LogP contribution in [-0.2, 0) is 16.0 Å². The van der Waals surface area contributed by atoms with Gasteiger partial charge < -0.3 is 9.15 Å². The maximum atomic E-state index is 12.2. The molecule has 2 amide bonds. The summed E-state index contributed by atoms with van der Waals surface area (Å²) >= 11 is 0. The van der Waals surface area contributed by atoms with Crippen molar-refractivity contribution in [2.75, 3.05) is 13.2 Å². The summed E-state index contributed by atoms with van der Waals surface area (Å²) in [5.41, 5.74) is 7.43. The molecular formula is C22H24N2O4. The van der Waals surface area contributed by atoms with E-state index in [2.05, 4.69) is 23.0 Å². The number of furan rings is 1. The first-order valence-corrected chi connectivity index (χ1v) is 9.34. The van der Waals surface area contributed by atoms with Gasteiger partial charge in [-0.2, -0.15) is 0 Å². The Bertz CT molecular complexity index is 934. The maximum Gasteiger partial charge on any atom is 0.305 e. The van der Waals surface area contributed by atoms with Gasteiger partial charge in [-0.25, -0.2) is 0 Å². The zero-order valence-electron chi connectivity index (χ0n) is 15.9. The van der Waals surface area contributed by atoms with Gasteiger partial charge in [0.05, 0.1) is 6.61 Å². The van der Waals surface area contributed by atoms with Crippen LogP contribution in [0.3, 0.4) is 0 Å². The number of ether oxygens (including phenoxy) is 1. The highest BCUT2D eigenvalue weighted by Gasteiger charge is 2.17. The van der Waals surface area contributed by atoms with Gasteiger partial charge in [0, 0.05) is 24.0 Å². The predicted molar refractivity (Wildman–Crippen MR) is 107 cm³/mol. The number of amides is 2. The highest BCUT2D eigenvalue weighted by atomic mass is 16.5. The molecule has 0 aliphatic heterocycles. The standard InChI is InChI=1S/C22H24N2O4/c1-16-18-10-5-6-11-19(18)28-21(16)22(26)24-23-20(25)12-7-14-27-15-13-17-8-3-2-4-9-17/h2-6,8-11H,7,12-15H2,1H3,(H,23,25)(H,24,26). The van der Waals surface area contributed by atoms with Crippen molar-refractivity contribution < 1.29 is 18.7 Å². The summed E-state index contributed by atoms with van der Waals surface area (Å²) in [5.74, 6) is -0.541. The van der Waals surface area contributed by atoms with Crippen LogP contribution in [0.25, 0.3) is 11.0 Å². The van der Waals surface area contributed by atoms with E-state index < -0.39 is 5.91 Å². The minimum absolute atomic E-state index is 0.200. The highest BCUT2D eigenvalue weighted by Crippen LogP contribution is 2.24. The summed E-state index contributed by atoms with van der Waals surface area (Å²) in [5, 5.41) is 0.881. The van der Waals surface area contributed by atoms with Crippen molar-refractivity contribution in [2.45, 2.75) is 26.2 Å². The molecule has 0 radical (unpaired) electrons. The maximum absolute atomic E-state index is 12.2. The minimum Gasteiger partial charge on any atom is -0.451 e. The van der Waals surface area contributed by atoms with Crippen molar-refractivity contribution in [2.24, 2.45) is 0 Å². The topological polar surface area (TPSA) is 80.6 Å². The van der Waals surface area contributed by atoms with Crippen LogP contribution in [0.4, 0.5) is 0 Å². The summed E-state index contributed by atoms with van der Waals surface area (Å²) in [6.45, 7) is 2.93. The fraction of sp³-hybridized carbons (Fsp3) is 0.273. The summed E-state index contributed by atoms with van der Waals surface area (Å²) < 4.78 is 11.1. The number of hydrazine groups is 1. The molecule has 0 spiro atoms. The third-order valence-corrected chi connectivity index (χ3v) is 4.44. The van der Waals surface area contributed by atoms with Gasteiger partial charge in [-0.1, -0.05) is 48.5 Å². The largest absolute Gasteiger partial charge is 0.451 e. The van der Waals surface area contributed by atoms with Crippen molar-refractivity contribution in [1.29, 1.82) is 0 Å². The Morgan fingerprint density at radius 2 is 1.71 bits per heavy atom. The molecule has 28 heavy (non-hydrogen) atoms. The van der Waals surface area contributed by atoms with E-state index >= 15 is 0 Å². The molecule has 2 N–H and O–H groups in total. The molecule has 6 nitrogen and oxygen atoms in total. The molecule has 0 aliphatic carbocycles. The number of hydrogen-bond donors (Lipinski definition) is 2. The molecule has 1 aromatic heterocycles. The smallest absolute Gasteiger partial charge is 0.305 e. The second kappa shape index (κ2) is 9.71. The first kappa shape index (κ1) is 19.6. The molecule has 6 heteroatoms. The van der Waals surface area contributed by atoms with Gasteiger partial charge in [0.2, 0.25) is 5.91 Å². The fourth-order valence-corrected chi connectivity index (χ4v) is 2.91. The highest BCUT2D eigenvalue weighted by molar-refractivity contribution is 5.99. The second-order valence-electron chi connectivity index (χ2n) is 6.51. The van der Waals surface area contributed by atoms with Gasteiger partial charge >= 0.3 is 5.91 Å². The van der Waals surface area contributed by atoms with Crippen LogP contribution >= 0.6 is 0 Å². The number of nitrogens with one attached hydrogen (secondary N) is 2. The number of benzene rings is 2. The van der Waals surface area contributed by atoms with Crippen molar-refractivity contribution in [3.63, 3.8) is 0 Å². The molecule has 0 fully saturated rings. The van der Waals surface area contributed by atoms with E-state index in [0.29, 0.717) is 25.2 Å². The Hall–Kier alpha value is -3.12. The second-order valence-corrected chi connectivity index (χ2v) is 6.51. The van der Waals surface area contributed by atoms with Crippen LogP contribution in [0, 0.1) is 6.92 Å². The molecule has 0 aliphatic rings. The average molecular weight is 380 g/mol. The van der Waals surface area contributed by atoms with Gasteiger partial charge in [-0.15, -0.1) is 0 Å². The Balaban J connectivity index is 1.33. The van der Waals surface area contributed by atoms with E-state index in [9.17, 15) is 9.59 Å². The van der Waals surface area contributed by atoms with Crippen LogP contribution in [0.15, 0.2) is 59.0 Å². The van der Waals surface area contributed by atoms with Gasteiger partial charge in [0.15, 0.2) is 5.76 Å². The van der Waals surface area contributed by atoms with Gasteiger partial charge in [-0.05, 0) is 31.4 Å². The lowest BCUT2D eigenvalue weighted by Crippen LogP contribution is -2.41. The Morgan fingerprint density at radius 3 is 2.50 bits per heavy atom. The molecule has 0 saturated carbocycles. The number of carbonyl (C=O) groups excluding carboxylic acids is 2. The van der Waals surface area contributed by atoms with Gasteiger partial charge in [0.1, 0.15) is 5.58 Å². The Labute approximate surface area is 163 Å². The van der Waals surface area contributed by atoms with Crippen LogP contribution in [0.1, 0.15) is 34.5 Å². The van der Waals surface area contributed by atoms with E-state index in [4.69, 9.17) is 9.15 Å². The molecule has 0 unspecified atom stereocenters. The Morgan fingerprint density at radius 1 is 0.964 bits per heavy atom. The number of rotatable bonds is 8. The molecule has 0 saturated heterocycles. The van der Waals surface area contributed by atoms with Crippen molar-refractivity contribution in [3.8, 4) is 0 Å². The summed E-state index contributed by atoms with van der Waals surface area (Å²) in [6, 6.07) is 17.5. The zero-order chi connectivity index (χ0) is 19.8.